The number of rotatable bonds is 7. The summed E-state index contributed by atoms with van der Waals surface area (Å²) in [5.74, 6) is 2.50. The predicted molar refractivity (Wildman–Crippen MR) is 129 cm³/mol. The van der Waals surface area contributed by atoms with Crippen molar-refractivity contribution in [1.82, 2.24) is 29.3 Å². The highest BCUT2D eigenvalue weighted by Crippen LogP contribution is 2.36. The molecule has 1 aliphatic heterocycles. The quantitative estimate of drug-likeness (QED) is 0.341. The number of imidazole rings is 1. The van der Waals surface area contributed by atoms with Gasteiger partial charge in [-0.05, 0) is 25.6 Å². The van der Waals surface area contributed by atoms with Crippen molar-refractivity contribution in [2.45, 2.75) is 6.42 Å². The van der Waals surface area contributed by atoms with Crippen molar-refractivity contribution < 1.29 is 9.47 Å². The second kappa shape index (κ2) is 9.21. The topological polar surface area (TPSA) is 94.6 Å². The Hall–Kier alpha value is -3.43. The Bertz CT molecular complexity index is 1250. The third kappa shape index (κ3) is 4.42. The van der Waals surface area contributed by atoms with Gasteiger partial charge >= 0.3 is 0 Å². The fraction of sp³-hybridized carbons (Fsp3) is 0.375. The van der Waals surface area contributed by atoms with Gasteiger partial charge in [0.25, 0.3) is 0 Å². The fourth-order valence-electron chi connectivity index (χ4n) is 4.27. The first-order valence-corrected chi connectivity index (χ1v) is 11.2. The Balaban J connectivity index is 1.39. The van der Waals surface area contributed by atoms with Crippen molar-refractivity contribution in [1.29, 1.82) is 0 Å². The molecule has 0 aliphatic carbocycles. The minimum absolute atomic E-state index is 0.425. The number of nitrogens with two attached hydrogens (primary N) is 1. The molecule has 9 heteroatoms. The number of pyridine rings is 2. The number of nitrogens with zero attached hydrogens (tertiary/aromatic N) is 6. The molecule has 9 nitrogen and oxygen atoms in total. The zero-order chi connectivity index (χ0) is 22.8. The molecule has 1 aromatic carbocycles. The van der Waals surface area contributed by atoms with Crippen LogP contribution >= 0.6 is 0 Å². The number of benzene rings is 1. The highest BCUT2D eigenvalue weighted by Gasteiger charge is 2.15. The van der Waals surface area contributed by atoms with Crippen molar-refractivity contribution in [2.24, 2.45) is 0 Å². The summed E-state index contributed by atoms with van der Waals surface area (Å²) in [6.07, 6.45) is 7.98. The Labute approximate surface area is 192 Å². The minimum atomic E-state index is 0.425. The van der Waals surface area contributed by atoms with Gasteiger partial charge in [0.1, 0.15) is 18.0 Å². The number of aromatic nitrogens is 4. The zero-order valence-electron chi connectivity index (χ0n) is 19.1. The average molecular weight is 448 g/mol. The lowest BCUT2D eigenvalue weighted by atomic mass is 10.1. The minimum Gasteiger partial charge on any atom is -0.493 e. The van der Waals surface area contributed by atoms with Crippen molar-refractivity contribution in [3.8, 4) is 17.3 Å². The van der Waals surface area contributed by atoms with E-state index in [0.717, 1.165) is 60.8 Å². The third-order valence-corrected chi connectivity index (χ3v) is 6.22. The van der Waals surface area contributed by atoms with E-state index in [1.165, 1.54) is 0 Å². The molecule has 5 rings (SSSR count). The van der Waals surface area contributed by atoms with Gasteiger partial charge in [-0.25, -0.2) is 9.97 Å². The molecule has 33 heavy (non-hydrogen) atoms. The maximum atomic E-state index is 6.26. The van der Waals surface area contributed by atoms with Gasteiger partial charge in [0, 0.05) is 73.5 Å². The van der Waals surface area contributed by atoms with Crippen LogP contribution < -0.4 is 15.2 Å². The van der Waals surface area contributed by atoms with E-state index in [4.69, 9.17) is 15.2 Å². The zero-order valence-corrected chi connectivity index (χ0v) is 19.1. The molecule has 0 radical (unpaired) electrons. The van der Waals surface area contributed by atoms with E-state index >= 15 is 0 Å². The molecule has 1 fully saturated rings. The van der Waals surface area contributed by atoms with Gasteiger partial charge in [-0.2, -0.15) is 0 Å². The normalized spacial score (nSPS) is 15.3. The summed E-state index contributed by atoms with van der Waals surface area (Å²) in [6, 6.07) is 5.90. The lowest BCUT2D eigenvalue weighted by Crippen LogP contribution is -2.44. The molecule has 2 N–H and O–H groups in total. The molecule has 0 bridgehead atoms. The lowest BCUT2D eigenvalue weighted by Gasteiger charge is -2.32. The van der Waals surface area contributed by atoms with Crippen LogP contribution in [0.4, 0.5) is 5.82 Å². The van der Waals surface area contributed by atoms with E-state index in [-0.39, 0.29) is 0 Å². The van der Waals surface area contributed by atoms with Crippen LogP contribution in [-0.2, 0) is 0 Å². The number of fused-ring (bicyclic) bond motifs is 3. The highest BCUT2D eigenvalue weighted by atomic mass is 16.5. The van der Waals surface area contributed by atoms with Crippen LogP contribution in [0.1, 0.15) is 6.42 Å². The van der Waals surface area contributed by atoms with E-state index in [9.17, 15) is 0 Å². The highest BCUT2D eigenvalue weighted by molar-refractivity contribution is 6.09. The molecule has 3 aromatic heterocycles. The Morgan fingerprint density at radius 3 is 2.64 bits per heavy atom. The van der Waals surface area contributed by atoms with Crippen LogP contribution in [0, 0.1) is 0 Å². The van der Waals surface area contributed by atoms with Gasteiger partial charge in [-0.15, -0.1) is 0 Å². The number of nitrogen functional groups attached to an aromatic ring is 1. The molecule has 1 saturated heterocycles. The molecule has 0 unspecified atom stereocenters. The fourth-order valence-corrected chi connectivity index (χ4v) is 4.27. The second-order valence-electron chi connectivity index (χ2n) is 8.42. The van der Waals surface area contributed by atoms with E-state index in [1.807, 2.05) is 29.0 Å². The standard InChI is InChI=1S/C24H29N7O2/c1-29-7-9-30(10-8-29)5-3-11-33-22-14-20-18(12-21(22)32-2)17-13-23(31-6-4-26-16-31)28-24(25)19(17)15-27-20/h4,6,12-16H,3,5,7-11H2,1-2H3,(H2,25,28). The largest absolute Gasteiger partial charge is 0.493 e. The summed E-state index contributed by atoms with van der Waals surface area (Å²) in [6.45, 7) is 6.15. The molecule has 0 atom stereocenters. The van der Waals surface area contributed by atoms with E-state index in [1.54, 1.807) is 25.8 Å². The van der Waals surface area contributed by atoms with E-state index < -0.39 is 0 Å². The van der Waals surface area contributed by atoms with Gasteiger partial charge in [0.2, 0.25) is 0 Å². The maximum absolute atomic E-state index is 6.26. The van der Waals surface area contributed by atoms with Crippen LogP contribution in [-0.4, -0.2) is 82.8 Å². The smallest absolute Gasteiger partial charge is 0.163 e. The van der Waals surface area contributed by atoms with Crippen LogP contribution in [0.5, 0.6) is 11.5 Å². The first-order valence-electron chi connectivity index (χ1n) is 11.2. The number of likely N-dealkylation sites (N-methyl/N-ethyl adjacent to an activating group) is 1. The summed E-state index contributed by atoms with van der Waals surface area (Å²) in [7, 11) is 3.83. The van der Waals surface area contributed by atoms with Crippen molar-refractivity contribution in [2.75, 3.05) is 59.2 Å². The number of piperazine rings is 1. The van der Waals surface area contributed by atoms with E-state index in [0.29, 0.717) is 29.7 Å². The van der Waals surface area contributed by atoms with E-state index in [2.05, 4.69) is 31.8 Å². The summed E-state index contributed by atoms with van der Waals surface area (Å²) >= 11 is 0. The molecule has 1 aliphatic rings. The van der Waals surface area contributed by atoms with Crippen molar-refractivity contribution >= 4 is 27.5 Å². The Morgan fingerprint density at radius 1 is 1.03 bits per heavy atom. The Morgan fingerprint density at radius 2 is 1.88 bits per heavy atom. The predicted octanol–water partition coefficient (Wildman–Crippen LogP) is 2.58. The van der Waals surface area contributed by atoms with Gasteiger partial charge in [-0.3, -0.25) is 9.55 Å². The van der Waals surface area contributed by atoms with Crippen LogP contribution in [0.25, 0.3) is 27.5 Å². The van der Waals surface area contributed by atoms with Crippen LogP contribution in [0.3, 0.4) is 0 Å². The molecule has 0 spiro atoms. The van der Waals surface area contributed by atoms with Gasteiger partial charge in [0.05, 0.1) is 19.2 Å². The molecular weight excluding hydrogens is 418 g/mol. The first-order chi connectivity index (χ1) is 16.1. The monoisotopic (exact) mass is 447 g/mol. The van der Waals surface area contributed by atoms with Crippen LogP contribution in [0.2, 0.25) is 0 Å². The molecule has 172 valence electrons. The van der Waals surface area contributed by atoms with Gasteiger partial charge < -0.3 is 25.0 Å². The summed E-state index contributed by atoms with van der Waals surface area (Å²) in [5.41, 5.74) is 7.08. The molecule has 0 amide bonds. The van der Waals surface area contributed by atoms with Gasteiger partial charge in [0.15, 0.2) is 11.5 Å². The van der Waals surface area contributed by atoms with Gasteiger partial charge in [-0.1, -0.05) is 0 Å². The van der Waals surface area contributed by atoms with Crippen molar-refractivity contribution in [3.05, 3.63) is 43.1 Å². The molecule has 4 aromatic rings. The number of ether oxygens (including phenoxy) is 2. The average Bonchev–Trinajstić information content (AvgIpc) is 3.37. The molecule has 0 saturated carbocycles. The number of hydrogen-bond donors (Lipinski definition) is 1. The third-order valence-electron chi connectivity index (χ3n) is 6.22. The summed E-state index contributed by atoms with van der Waals surface area (Å²) < 4.78 is 13.6. The SMILES string of the molecule is COc1cc2c(cc1OCCCN1CCN(C)CC1)ncc1c(N)nc(-n3ccnc3)cc12. The second-order valence-corrected chi connectivity index (χ2v) is 8.42. The Kier molecular flexibility index (Phi) is 5.97. The van der Waals surface area contributed by atoms with Crippen LogP contribution in [0.15, 0.2) is 43.1 Å². The lowest BCUT2D eigenvalue weighted by molar-refractivity contribution is 0.145. The maximum Gasteiger partial charge on any atom is 0.163 e. The summed E-state index contributed by atoms with van der Waals surface area (Å²) in [4.78, 5) is 18.1. The first kappa shape index (κ1) is 21.4. The number of methoxy groups -OCH3 is 1. The molecular formula is C24H29N7O2. The number of hydrogen-bond acceptors (Lipinski definition) is 8. The summed E-state index contributed by atoms with van der Waals surface area (Å²) in [5, 5.41) is 2.69. The molecule has 4 heterocycles. The number of anilines is 1. The van der Waals surface area contributed by atoms with Crippen molar-refractivity contribution in [3.63, 3.8) is 0 Å².